The lowest BCUT2D eigenvalue weighted by molar-refractivity contribution is -0.122. The van der Waals surface area contributed by atoms with Crippen molar-refractivity contribution in [3.8, 4) is 0 Å². The van der Waals surface area contributed by atoms with Crippen LogP contribution in [-0.2, 0) is 17.6 Å². The lowest BCUT2D eigenvalue weighted by atomic mass is 9.99. The van der Waals surface area contributed by atoms with E-state index in [1.54, 1.807) is 0 Å². The van der Waals surface area contributed by atoms with Crippen LogP contribution in [0.5, 0.6) is 0 Å². The molecule has 4 nitrogen and oxygen atoms in total. The van der Waals surface area contributed by atoms with Gasteiger partial charge in [0.05, 0.1) is 0 Å². The first-order valence-corrected chi connectivity index (χ1v) is 13.5. The van der Waals surface area contributed by atoms with Crippen molar-refractivity contribution in [3.63, 3.8) is 0 Å². The highest BCUT2D eigenvalue weighted by molar-refractivity contribution is 6.30. The van der Waals surface area contributed by atoms with E-state index in [-0.39, 0.29) is 11.4 Å². The molecule has 1 aliphatic heterocycles. The van der Waals surface area contributed by atoms with Crippen molar-refractivity contribution >= 4 is 34.6 Å². The fourth-order valence-electron chi connectivity index (χ4n) is 4.35. The predicted molar refractivity (Wildman–Crippen MR) is 164 cm³/mol. The molecule has 0 spiro atoms. The number of hydrogen-bond acceptors (Lipinski definition) is 3. The molecule has 0 radical (unpaired) electrons. The Kier molecular flexibility index (Phi) is 10.2. The lowest BCUT2D eigenvalue weighted by Crippen LogP contribution is -2.40. The van der Waals surface area contributed by atoms with Crippen molar-refractivity contribution in [1.82, 2.24) is 5.32 Å². The molecule has 0 aromatic heterocycles. The zero-order chi connectivity index (χ0) is 27.7. The number of para-hydroxylation sites is 1. The standard InChI is InChI=1S/C24H30N2O.C9H10ClN/c1-18(26-17-7-9-21-8-5-6-10-22(21)26)20-14-11-19(12-15-20)13-16-23(27)25-24(2,3)4;1-7(2)11-9-5-3-8(10)4-6-9/h5-6,8,10-12,14-15H,1,7,9,13,16-17H2,2-4H3,(H,25,27);3-6,11H,1H2,2H3. The minimum Gasteiger partial charge on any atom is -0.360 e. The number of nitrogens with zero attached hydrogens (tertiary/aromatic N) is 1. The Labute approximate surface area is 233 Å². The summed E-state index contributed by atoms with van der Waals surface area (Å²) in [4.78, 5) is 14.3. The number of carbonyl (C=O) groups excluding carboxylic acids is 1. The van der Waals surface area contributed by atoms with Crippen LogP contribution in [0.3, 0.4) is 0 Å². The van der Waals surface area contributed by atoms with Crippen LogP contribution in [0.4, 0.5) is 11.4 Å². The van der Waals surface area contributed by atoms with Gasteiger partial charge in [-0.25, -0.2) is 0 Å². The third kappa shape index (κ3) is 9.11. The molecule has 3 aromatic rings. The van der Waals surface area contributed by atoms with E-state index >= 15 is 0 Å². The highest BCUT2D eigenvalue weighted by Gasteiger charge is 2.19. The van der Waals surface area contributed by atoms with Crippen LogP contribution in [0, 0.1) is 0 Å². The maximum absolute atomic E-state index is 12.0. The number of benzene rings is 3. The van der Waals surface area contributed by atoms with E-state index in [1.165, 1.54) is 16.8 Å². The number of anilines is 2. The topological polar surface area (TPSA) is 44.4 Å². The molecule has 1 aliphatic rings. The van der Waals surface area contributed by atoms with E-state index in [4.69, 9.17) is 11.6 Å². The summed E-state index contributed by atoms with van der Waals surface area (Å²) in [5.41, 5.74) is 7.78. The number of aryl methyl sites for hydroxylation is 2. The number of halogens is 1. The zero-order valence-electron chi connectivity index (χ0n) is 23.1. The van der Waals surface area contributed by atoms with E-state index in [1.807, 2.05) is 52.0 Å². The van der Waals surface area contributed by atoms with Gasteiger partial charge in [-0.05, 0) is 94.0 Å². The van der Waals surface area contributed by atoms with Crippen LogP contribution in [0.15, 0.2) is 91.7 Å². The molecular formula is C33H40ClN3O. The number of carbonyl (C=O) groups is 1. The second kappa shape index (κ2) is 13.3. The molecular weight excluding hydrogens is 490 g/mol. The Hall–Kier alpha value is -3.50. The third-order valence-corrected chi connectivity index (χ3v) is 6.33. The molecule has 0 unspecified atom stereocenters. The Morgan fingerprint density at radius 3 is 2.26 bits per heavy atom. The highest BCUT2D eigenvalue weighted by atomic mass is 35.5. The van der Waals surface area contributed by atoms with Gasteiger partial charge in [-0.15, -0.1) is 0 Å². The van der Waals surface area contributed by atoms with Gasteiger partial charge in [0.2, 0.25) is 5.91 Å². The van der Waals surface area contributed by atoms with Crippen LogP contribution in [-0.4, -0.2) is 18.0 Å². The van der Waals surface area contributed by atoms with Crippen molar-refractivity contribution in [2.45, 2.75) is 58.9 Å². The van der Waals surface area contributed by atoms with Crippen LogP contribution in [0.25, 0.3) is 5.70 Å². The van der Waals surface area contributed by atoms with Gasteiger partial charge in [0.15, 0.2) is 0 Å². The van der Waals surface area contributed by atoms with Crippen molar-refractivity contribution in [2.75, 3.05) is 16.8 Å². The highest BCUT2D eigenvalue weighted by Crippen LogP contribution is 2.32. The zero-order valence-corrected chi connectivity index (χ0v) is 23.9. The number of fused-ring (bicyclic) bond motifs is 1. The normalized spacial score (nSPS) is 12.5. The second-order valence-electron chi connectivity index (χ2n) is 10.7. The van der Waals surface area contributed by atoms with E-state index in [2.05, 4.69) is 77.2 Å². The minimum absolute atomic E-state index is 0.0981. The molecule has 200 valence electrons. The Balaban J connectivity index is 0.000000304. The monoisotopic (exact) mass is 529 g/mol. The minimum atomic E-state index is -0.177. The predicted octanol–water partition coefficient (Wildman–Crippen LogP) is 8.24. The molecule has 1 heterocycles. The fraction of sp³-hybridized carbons (Fsp3) is 0.303. The molecule has 2 N–H and O–H groups in total. The van der Waals surface area contributed by atoms with Crippen molar-refractivity contribution < 1.29 is 4.79 Å². The first-order valence-electron chi connectivity index (χ1n) is 13.1. The van der Waals surface area contributed by atoms with Crippen LogP contribution >= 0.6 is 11.6 Å². The summed E-state index contributed by atoms with van der Waals surface area (Å²) in [6, 6.07) is 24.6. The molecule has 5 heteroatoms. The third-order valence-electron chi connectivity index (χ3n) is 6.08. The molecule has 0 saturated heterocycles. The van der Waals surface area contributed by atoms with Gasteiger partial charge < -0.3 is 15.5 Å². The fourth-order valence-corrected chi connectivity index (χ4v) is 4.48. The van der Waals surface area contributed by atoms with Crippen molar-refractivity contribution in [2.24, 2.45) is 0 Å². The summed E-state index contributed by atoms with van der Waals surface area (Å²) in [5, 5.41) is 6.84. The first kappa shape index (κ1) is 29.1. The Morgan fingerprint density at radius 1 is 0.974 bits per heavy atom. The number of nitrogens with one attached hydrogen (secondary N) is 2. The van der Waals surface area contributed by atoms with E-state index in [0.717, 1.165) is 53.5 Å². The van der Waals surface area contributed by atoms with Crippen molar-refractivity contribution in [1.29, 1.82) is 0 Å². The molecule has 1 amide bonds. The smallest absolute Gasteiger partial charge is 0.220 e. The average Bonchev–Trinajstić information content (AvgIpc) is 2.87. The van der Waals surface area contributed by atoms with Gasteiger partial charge in [0.1, 0.15) is 0 Å². The summed E-state index contributed by atoms with van der Waals surface area (Å²) >= 11 is 5.70. The van der Waals surface area contributed by atoms with Gasteiger partial charge in [-0.2, -0.15) is 0 Å². The Morgan fingerprint density at radius 2 is 1.63 bits per heavy atom. The van der Waals surface area contributed by atoms with Gasteiger partial charge in [0.25, 0.3) is 0 Å². The van der Waals surface area contributed by atoms with E-state index < -0.39 is 0 Å². The molecule has 3 aromatic carbocycles. The number of hydrogen-bond donors (Lipinski definition) is 2. The first-order chi connectivity index (χ1) is 18.0. The molecule has 0 aliphatic carbocycles. The average molecular weight is 530 g/mol. The van der Waals surface area contributed by atoms with Crippen LogP contribution < -0.4 is 15.5 Å². The maximum atomic E-state index is 12.0. The van der Waals surface area contributed by atoms with Gasteiger partial charge in [0, 0.05) is 46.3 Å². The van der Waals surface area contributed by atoms with E-state index in [9.17, 15) is 4.79 Å². The van der Waals surface area contributed by atoms with E-state index in [0.29, 0.717) is 6.42 Å². The quantitative estimate of drug-likeness (QED) is 0.324. The Bertz CT molecular complexity index is 1240. The van der Waals surface area contributed by atoms with Crippen LogP contribution in [0.2, 0.25) is 5.02 Å². The van der Waals surface area contributed by atoms with Crippen LogP contribution in [0.1, 0.15) is 57.2 Å². The molecule has 38 heavy (non-hydrogen) atoms. The largest absolute Gasteiger partial charge is 0.360 e. The van der Waals surface area contributed by atoms with Gasteiger partial charge >= 0.3 is 0 Å². The second-order valence-corrected chi connectivity index (χ2v) is 11.2. The molecule has 0 saturated carbocycles. The SMILES string of the molecule is C=C(C)Nc1ccc(Cl)cc1.C=C(c1ccc(CCC(=O)NC(C)(C)C)cc1)N1CCCc2ccccc21. The maximum Gasteiger partial charge on any atom is 0.220 e. The van der Waals surface area contributed by atoms with Gasteiger partial charge in [-0.1, -0.05) is 67.2 Å². The summed E-state index contributed by atoms with van der Waals surface area (Å²) in [6.07, 6.45) is 3.55. The van der Waals surface area contributed by atoms with Crippen molar-refractivity contribution in [3.05, 3.63) is 113 Å². The van der Waals surface area contributed by atoms with Gasteiger partial charge in [-0.3, -0.25) is 4.79 Å². The summed E-state index contributed by atoms with van der Waals surface area (Å²) < 4.78 is 0. The molecule has 0 bridgehead atoms. The summed E-state index contributed by atoms with van der Waals surface area (Å²) in [5.74, 6) is 0.0981. The number of rotatable bonds is 7. The number of amides is 1. The lowest BCUT2D eigenvalue weighted by Gasteiger charge is -2.33. The molecule has 0 fully saturated rings. The summed E-state index contributed by atoms with van der Waals surface area (Å²) in [7, 11) is 0. The molecule has 0 atom stereocenters. The number of allylic oxidation sites excluding steroid dienone is 1. The summed E-state index contributed by atoms with van der Waals surface area (Å²) in [6.45, 7) is 17.0. The molecule has 4 rings (SSSR count).